The molecule has 0 aliphatic heterocycles. The quantitative estimate of drug-likeness (QED) is 0.325. The van der Waals surface area contributed by atoms with Crippen molar-refractivity contribution in [1.29, 1.82) is 0 Å². The Hall–Kier alpha value is -1.43. The van der Waals surface area contributed by atoms with Crippen LogP contribution in [-0.2, 0) is 28.5 Å². The van der Waals surface area contributed by atoms with Gasteiger partial charge in [-0.05, 0) is 12.1 Å². The summed E-state index contributed by atoms with van der Waals surface area (Å²) in [6.07, 6.45) is 5.01. The molecule has 0 aliphatic carbocycles. The fraction of sp³-hybridized carbons (Fsp3) is 0.467. The summed E-state index contributed by atoms with van der Waals surface area (Å²) in [7, 11) is -3.71. The van der Waals surface area contributed by atoms with Gasteiger partial charge in [-0.2, -0.15) is 8.42 Å². The third-order valence-corrected chi connectivity index (χ3v) is 3.75. The van der Waals surface area contributed by atoms with Crippen LogP contribution in [0.4, 0.5) is 0 Å². The van der Waals surface area contributed by atoms with Gasteiger partial charge in [-0.3, -0.25) is 4.18 Å². The average molecular weight is 328 g/mol. The molecule has 1 rings (SSSR count). The van der Waals surface area contributed by atoms with Gasteiger partial charge in [0.2, 0.25) is 0 Å². The summed E-state index contributed by atoms with van der Waals surface area (Å²) < 4.78 is 43.8. The van der Waals surface area contributed by atoms with E-state index in [-0.39, 0.29) is 24.7 Å². The van der Waals surface area contributed by atoms with Crippen molar-refractivity contribution in [3.8, 4) is 12.3 Å². The fourth-order valence-corrected chi connectivity index (χ4v) is 2.34. The predicted octanol–water partition coefficient (Wildman–Crippen LogP) is 1.07. The van der Waals surface area contributed by atoms with Crippen molar-refractivity contribution in [3.63, 3.8) is 0 Å². The van der Waals surface area contributed by atoms with Gasteiger partial charge >= 0.3 is 0 Å². The lowest BCUT2D eigenvalue weighted by molar-refractivity contribution is 0.0146. The van der Waals surface area contributed by atoms with Gasteiger partial charge in [-0.25, -0.2) is 0 Å². The highest BCUT2D eigenvalue weighted by atomic mass is 32.2. The van der Waals surface area contributed by atoms with Crippen LogP contribution in [0.25, 0.3) is 0 Å². The van der Waals surface area contributed by atoms with E-state index in [1.165, 1.54) is 12.1 Å². The molecule has 0 aliphatic rings. The zero-order valence-electron chi connectivity index (χ0n) is 12.3. The minimum Gasteiger partial charge on any atom is -0.377 e. The normalized spacial score (nSPS) is 11.2. The summed E-state index contributed by atoms with van der Waals surface area (Å²) in [5.74, 6) is 2.35. The number of ether oxygens (including phenoxy) is 3. The molecule has 0 spiro atoms. The Morgan fingerprint density at radius 3 is 2.00 bits per heavy atom. The first kappa shape index (κ1) is 18.6. The van der Waals surface area contributed by atoms with Crippen LogP contribution in [-0.4, -0.2) is 54.7 Å². The Morgan fingerprint density at radius 1 is 0.864 bits per heavy atom. The molecular formula is C15H20O6S. The third-order valence-electron chi connectivity index (χ3n) is 2.43. The molecule has 1 aromatic carbocycles. The van der Waals surface area contributed by atoms with Crippen molar-refractivity contribution in [1.82, 2.24) is 0 Å². The number of hydrogen-bond donors (Lipinski definition) is 0. The van der Waals surface area contributed by atoms with Crippen LogP contribution >= 0.6 is 0 Å². The fourth-order valence-electron chi connectivity index (χ4n) is 1.43. The van der Waals surface area contributed by atoms with E-state index in [1.807, 2.05) is 0 Å². The summed E-state index contributed by atoms with van der Waals surface area (Å²) in [6.45, 7) is 2.01. The second-order valence-electron chi connectivity index (χ2n) is 4.07. The van der Waals surface area contributed by atoms with E-state index in [1.54, 1.807) is 18.2 Å². The van der Waals surface area contributed by atoms with E-state index in [4.69, 9.17) is 24.8 Å². The van der Waals surface area contributed by atoms with Crippen molar-refractivity contribution < 1.29 is 26.8 Å². The van der Waals surface area contributed by atoms with E-state index >= 15 is 0 Å². The summed E-state index contributed by atoms with van der Waals surface area (Å²) in [4.78, 5) is 0.130. The van der Waals surface area contributed by atoms with Gasteiger partial charge in [0.05, 0.1) is 44.5 Å². The molecule has 0 bridgehead atoms. The zero-order chi connectivity index (χ0) is 16.1. The Labute approximate surface area is 131 Å². The smallest absolute Gasteiger partial charge is 0.297 e. The molecule has 0 N–H and O–H groups in total. The molecular weight excluding hydrogens is 308 g/mol. The predicted molar refractivity (Wildman–Crippen MR) is 80.9 cm³/mol. The summed E-state index contributed by atoms with van der Waals surface area (Å²) >= 11 is 0. The highest BCUT2D eigenvalue weighted by molar-refractivity contribution is 7.86. The van der Waals surface area contributed by atoms with Crippen molar-refractivity contribution in [2.75, 3.05) is 46.2 Å². The molecule has 122 valence electrons. The highest BCUT2D eigenvalue weighted by Gasteiger charge is 2.13. The molecule has 0 heterocycles. The second-order valence-corrected chi connectivity index (χ2v) is 5.69. The number of hydrogen-bond acceptors (Lipinski definition) is 6. The van der Waals surface area contributed by atoms with Gasteiger partial charge in [-0.15, -0.1) is 6.42 Å². The number of terminal acetylenes is 1. The molecule has 22 heavy (non-hydrogen) atoms. The second kappa shape index (κ2) is 11.2. The van der Waals surface area contributed by atoms with Gasteiger partial charge in [0.15, 0.2) is 0 Å². The highest BCUT2D eigenvalue weighted by Crippen LogP contribution is 2.10. The molecule has 0 saturated heterocycles. The Balaban J connectivity index is 2.01. The summed E-state index contributed by atoms with van der Waals surface area (Å²) in [5.41, 5.74) is 0. The first-order valence-corrected chi connectivity index (χ1v) is 8.19. The van der Waals surface area contributed by atoms with Gasteiger partial charge in [0, 0.05) is 0 Å². The lowest BCUT2D eigenvalue weighted by atomic mass is 10.4. The van der Waals surface area contributed by atoms with Crippen LogP contribution in [0, 0.1) is 12.3 Å². The standard InChI is InChI=1S/C15H20O6S/c1-2-8-18-9-10-19-11-12-20-13-14-21-22(16,17)15-6-4-3-5-7-15/h1,3-7H,8-14H2. The first-order chi connectivity index (χ1) is 10.7. The molecule has 7 heteroatoms. The molecule has 0 unspecified atom stereocenters. The number of rotatable bonds is 12. The lowest BCUT2D eigenvalue weighted by Crippen LogP contribution is -2.14. The lowest BCUT2D eigenvalue weighted by Gasteiger charge is -2.07. The maximum absolute atomic E-state index is 11.8. The topological polar surface area (TPSA) is 71.1 Å². The maximum Gasteiger partial charge on any atom is 0.297 e. The van der Waals surface area contributed by atoms with Crippen LogP contribution in [0.15, 0.2) is 35.2 Å². The SMILES string of the molecule is C#CCOCCOCCOCCOS(=O)(=O)c1ccccc1. The van der Waals surface area contributed by atoms with Crippen LogP contribution in [0.1, 0.15) is 0 Å². The van der Waals surface area contributed by atoms with E-state index in [9.17, 15) is 8.42 Å². The minimum atomic E-state index is -3.71. The molecule has 0 atom stereocenters. The van der Waals surface area contributed by atoms with E-state index in [0.717, 1.165) is 0 Å². The van der Waals surface area contributed by atoms with Crippen molar-refractivity contribution in [3.05, 3.63) is 30.3 Å². The molecule has 0 aromatic heterocycles. The number of benzene rings is 1. The monoisotopic (exact) mass is 328 g/mol. The van der Waals surface area contributed by atoms with Crippen LogP contribution in [0.2, 0.25) is 0 Å². The van der Waals surface area contributed by atoms with E-state index in [0.29, 0.717) is 26.4 Å². The summed E-state index contributed by atoms with van der Waals surface area (Å²) in [6, 6.07) is 7.97. The molecule has 0 saturated carbocycles. The molecule has 0 radical (unpaired) electrons. The Morgan fingerprint density at radius 2 is 1.41 bits per heavy atom. The van der Waals surface area contributed by atoms with E-state index in [2.05, 4.69) is 5.92 Å². The molecule has 6 nitrogen and oxygen atoms in total. The van der Waals surface area contributed by atoms with Crippen LogP contribution in [0.3, 0.4) is 0 Å². The van der Waals surface area contributed by atoms with Crippen LogP contribution in [0.5, 0.6) is 0 Å². The van der Waals surface area contributed by atoms with Gasteiger partial charge in [0.25, 0.3) is 10.1 Å². The van der Waals surface area contributed by atoms with E-state index < -0.39 is 10.1 Å². The molecule has 0 fully saturated rings. The Bertz CT molecular complexity index is 535. The van der Waals surface area contributed by atoms with Gasteiger partial charge in [-0.1, -0.05) is 24.1 Å². The van der Waals surface area contributed by atoms with Crippen molar-refractivity contribution >= 4 is 10.1 Å². The molecule has 1 aromatic rings. The first-order valence-electron chi connectivity index (χ1n) is 6.78. The van der Waals surface area contributed by atoms with Crippen molar-refractivity contribution in [2.45, 2.75) is 4.90 Å². The third kappa shape index (κ3) is 8.12. The van der Waals surface area contributed by atoms with Crippen molar-refractivity contribution in [2.24, 2.45) is 0 Å². The molecule has 0 amide bonds. The van der Waals surface area contributed by atoms with Gasteiger partial charge < -0.3 is 14.2 Å². The van der Waals surface area contributed by atoms with Crippen LogP contribution < -0.4 is 0 Å². The van der Waals surface area contributed by atoms with Gasteiger partial charge in [0.1, 0.15) is 6.61 Å². The largest absolute Gasteiger partial charge is 0.377 e. The minimum absolute atomic E-state index is 0.0392. The Kier molecular flexibility index (Phi) is 9.46. The zero-order valence-corrected chi connectivity index (χ0v) is 13.1. The maximum atomic E-state index is 11.8. The average Bonchev–Trinajstić information content (AvgIpc) is 2.53. The summed E-state index contributed by atoms with van der Waals surface area (Å²) in [5, 5.41) is 0.